The zero-order valence-electron chi connectivity index (χ0n) is 50.8. The van der Waals surface area contributed by atoms with E-state index >= 15 is 0 Å². The summed E-state index contributed by atoms with van der Waals surface area (Å²) in [6, 6.07) is 11.9. The second kappa shape index (κ2) is 38.6. The van der Waals surface area contributed by atoms with Gasteiger partial charge in [0.05, 0.1) is 0 Å². The monoisotopic (exact) mass is 1070 g/mol. The number of unbranched alkanes of at least 4 members (excludes halogenated alkanes) is 1. The molecule has 1 heterocycles. The van der Waals surface area contributed by atoms with Crippen molar-refractivity contribution in [1.29, 1.82) is 0 Å². The first kappa shape index (κ1) is 69.2. The van der Waals surface area contributed by atoms with Crippen molar-refractivity contribution in [3.05, 3.63) is 47.5 Å². The highest BCUT2D eigenvalue weighted by Gasteiger charge is 2.30. The predicted molar refractivity (Wildman–Crippen MR) is 324 cm³/mol. The third-order valence-electron chi connectivity index (χ3n) is 15.9. The largest absolute Gasteiger partial charge is 0.445 e. The van der Waals surface area contributed by atoms with Gasteiger partial charge < -0.3 is 68.5 Å². The molecule has 1 saturated heterocycles. The summed E-state index contributed by atoms with van der Waals surface area (Å²) < 4.78 is 5.12. The third-order valence-corrected chi connectivity index (χ3v) is 16.1. The predicted octanol–water partition coefficient (Wildman–Crippen LogP) is 7.58. The lowest BCUT2D eigenvalue weighted by atomic mass is 9.92. The van der Waals surface area contributed by atoms with Crippen molar-refractivity contribution < 1.29 is 9.53 Å². The number of carbonyl (C=O) groups is 1. The highest BCUT2D eigenvalue weighted by Crippen LogP contribution is 2.17. The number of hydrogen-bond acceptors (Lipinski definition) is 13. The van der Waals surface area contributed by atoms with E-state index in [4.69, 9.17) is 16.3 Å². The summed E-state index contributed by atoms with van der Waals surface area (Å²) in [5, 5.41) is 47.2. The number of carbonyl (C=O) groups excluding carboxylic acids is 1. The summed E-state index contributed by atoms with van der Waals surface area (Å²) >= 11 is 6.32. The van der Waals surface area contributed by atoms with E-state index in [1.54, 1.807) is 6.08 Å². The van der Waals surface area contributed by atoms with Crippen LogP contribution in [0.25, 0.3) is 0 Å². The quantitative estimate of drug-likeness (QED) is 0.0614. The lowest BCUT2D eigenvalue weighted by molar-refractivity contribution is 0.158. The summed E-state index contributed by atoms with van der Waals surface area (Å²) in [5.74, 6) is 2.18. The molecule has 1 fully saturated rings. The van der Waals surface area contributed by atoms with Gasteiger partial charge in [-0.3, -0.25) is 0 Å². The van der Waals surface area contributed by atoms with Gasteiger partial charge in [-0.2, -0.15) is 0 Å². The van der Waals surface area contributed by atoms with Gasteiger partial charge in [-0.05, 0) is 142 Å². The second-order valence-corrected chi connectivity index (χ2v) is 25.0. The molecule has 1 amide bonds. The zero-order chi connectivity index (χ0) is 55.9. The molecular formula is C60H119ClN12O2. The first-order chi connectivity index (χ1) is 35.5. The average molecular weight is 1080 g/mol. The molecule has 0 radical (unpaired) electrons. The van der Waals surface area contributed by atoms with Crippen LogP contribution in [0, 0.1) is 23.7 Å². The van der Waals surface area contributed by atoms with Crippen molar-refractivity contribution in [2.24, 2.45) is 23.7 Å². The van der Waals surface area contributed by atoms with Crippen molar-refractivity contribution in [1.82, 2.24) is 63.8 Å². The van der Waals surface area contributed by atoms with Gasteiger partial charge >= 0.3 is 6.09 Å². The molecule has 438 valence electrons. The molecule has 1 aromatic carbocycles. The van der Waals surface area contributed by atoms with Crippen LogP contribution >= 0.6 is 11.6 Å². The minimum atomic E-state index is -0.390. The van der Waals surface area contributed by atoms with Crippen LogP contribution in [0.5, 0.6) is 0 Å². The van der Waals surface area contributed by atoms with Crippen LogP contribution in [0.4, 0.5) is 4.79 Å². The van der Waals surface area contributed by atoms with Gasteiger partial charge in [0.1, 0.15) is 6.61 Å². The van der Waals surface area contributed by atoms with Gasteiger partial charge in [0.25, 0.3) is 0 Å². The number of ether oxygens (including phenoxy) is 1. The van der Waals surface area contributed by atoms with Crippen LogP contribution in [0.1, 0.15) is 155 Å². The van der Waals surface area contributed by atoms with E-state index in [1.807, 2.05) is 12.1 Å². The van der Waals surface area contributed by atoms with Crippen LogP contribution in [0.3, 0.4) is 0 Å². The number of halogens is 1. The Labute approximate surface area is 466 Å². The van der Waals surface area contributed by atoms with Crippen molar-refractivity contribution in [2.45, 2.75) is 234 Å². The average Bonchev–Trinajstić information content (AvgIpc) is 3.36. The molecule has 1 aliphatic rings. The Morgan fingerprint density at radius 2 is 1.33 bits per heavy atom. The van der Waals surface area contributed by atoms with E-state index in [1.165, 1.54) is 5.56 Å². The van der Waals surface area contributed by atoms with E-state index in [9.17, 15) is 4.79 Å². The van der Waals surface area contributed by atoms with Crippen LogP contribution < -0.4 is 63.8 Å². The molecule has 7 unspecified atom stereocenters. The van der Waals surface area contributed by atoms with Gasteiger partial charge in [-0.25, -0.2) is 4.79 Å². The summed E-state index contributed by atoms with van der Waals surface area (Å²) in [5.41, 5.74) is 1.12. The first-order valence-electron chi connectivity index (χ1n) is 29.9. The summed E-state index contributed by atoms with van der Waals surface area (Å²) in [7, 11) is 0. The SMILES string of the molecule is C=CCOC(=O)NCCCC[C@H]1CNCCNCC(C)N[C@@H](Cc2ccc(Cl)cc2)C(C)NCC(C)NCC(C)N[C@@H]([C@@H](C)CC)CN[C@@H](CC(C)C)C(C)NC[C@@H](C)C(C)N[C@@H](CC(C)C)CNC(C)(C)C(C)N1. The molecule has 1 aliphatic heterocycles. The van der Waals surface area contributed by atoms with Crippen LogP contribution in [-0.4, -0.2) is 156 Å². The molecule has 14 nitrogen and oxygen atoms in total. The Kier molecular flexibility index (Phi) is 35.6. The minimum absolute atomic E-state index is 0.160. The normalized spacial score (nSPS) is 31.5. The smallest absolute Gasteiger partial charge is 0.407 e. The minimum Gasteiger partial charge on any atom is -0.445 e. The Hall–Kier alpha value is -1.92. The highest BCUT2D eigenvalue weighted by molar-refractivity contribution is 6.30. The summed E-state index contributed by atoms with van der Waals surface area (Å²) in [4.78, 5) is 12.1. The molecule has 75 heavy (non-hydrogen) atoms. The summed E-state index contributed by atoms with van der Waals surface area (Å²) in [6.45, 7) is 49.9. The maximum atomic E-state index is 12.1. The van der Waals surface area contributed by atoms with Crippen molar-refractivity contribution in [3.63, 3.8) is 0 Å². The number of hydrogen-bond donors (Lipinski definition) is 12. The molecule has 0 aliphatic carbocycles. The van der Waals surface area contributed by atoms with E-state index in [2.05, 4.69) is 193 Å². The molecule has 0 bridgehead atoms. The zero-order valence-corrected chi connectivity index (χ0v) is 51.5. The molecule has 14 atom stereocenters. The van der Waals surface area contributed by atoms with E-state index in [0.717, 1.165) is 109 Å². The number of benzene rings is 1. The number of alkyl carbamates (subject to hydrolysis) is 1. The topological polar surface area (TPSA) is 171 Å². The van der Waals surface area contributed by atoms with Gasteiger partial charge in [0, 0.05) is 142 Å². The maximum absolute atomic E-state index is 12.1. The Morgan fingerprint density at radius 1 is 0.707 bits per heavy atom. The number of nitrogens with one attached hydrogen (secondary N) is 12. The van der Waals surface area contributed by atoms with Gasteiger partial charge in [0.2, 0.25) is 0 Å². The first-order valence-corrected chi connectivity index (χ1v) is 30.3. The van der Waals surface area contributed by atoms with Gasteiger partial charge in [0.15, 0.2) is 0 Å². The molecular weight excluding hydrogens is 956 g/mol. The van der Waals surface area contributed by atoms with Crippen LogP contribution in [0.2, 0.25) is 5.02 Å². The van der Waals surface area contributed by atoms with E-state index < -0.39 is 6.09 Å². The molecule has 15 heteroatoms. The molecule has 1 aromatic rings. The fourth-order valence-electron chi connectivity index (χ4n) is 10.0. The number of amides is 1. The molecule has 0 spiro atoms. The number of rotatable bonds is 15. The van der Waals surface area contributed by atoms with Gasteiger partial charge in [-0.15, -0.1) is 0 Å². The lowest BCUT2D eigenvalue weighted by Crippen LogP contribution is -2.60. The van der Waals surface area contributed by atoms with E-state index in [0.29, 0.717) is 72.5 Å². The molecule has 2 rings (SSSR count). The van der Waals surface area contributed by atoms with Crippen molar-refractivity contribution >= 4 is 17.7 Å². The van der Waals surface area contributed by atoms with Crippen LogP contribution in [0.15, 0.2) is 36.9 Å². The Bertz CT molecular complexity index is 1610. The fourth-order valence-corrected chi connectivity index (χ4v) is 10.2. The van der Waals surface area contributed by atoms with E-state index in [-0.39, 0.29) is 42.4 Å². The highest BCUT2D eigenvalue weighted by atomic mass is 35.5. The van der Waals surface area contributed by atoms with Crippen molar-refractivity contribution in [2.75, 3.05) is 72.1 Å². The Morgan fingerprint density at radius 3 is 1.99 bits per heavy atom. The molecule has 0 aromatic heterocycles. The summed E-state index contributed by atoms with van der Waals surface area (Å²) in [6.07, 6.45) is 8.33. The molecule has 0 saturated carbocycles. The fraction of sp³-hybridized carbons (Fsp3) is 0.850. The van der Waals surface area contributed by atoms with Crippen LogP contribution in [-0.2, 0) is 11.2 Å². The standard InChI is InChI=1S/C60H119ClN12O2/c1-18-30-75-59(74)64-27-21-20-22-54-38-63-29-28-62-35-46(10)70-57(33-52-23-25-53(61)26-24-52)50(14)67-36-45(9)65-37-47(11)71-58(43(7)19-2)40-68-56(32-42(5)6)49(13)66-34-44(8)48(12)72-55(31-41(3)4)39-69-60(16,17)51(15)73-54/h18,23-26,41-51,54-58,62-63,65-73H,1,19-22,27-40H2,2-17H3,(H,64,74)/t43-,44+,45?,46?,47?,48?,49?,50?,51?,54-,55-,56-,57-,58+/m0/s1. The Balaban J connectivity index is 2.34. The third kappa shape index (κ3) is 30.9. The molecule has 12 N–H and O–H groups in total. The maximum Gasteiger partial charge on any atom is 0.407 e. The second-order valence-electron chi connectivity index (χ2n) is 24.6. The van der Waals surface area contributed by atoms with Crippen molar-refractivity contribution in [3.8, 4) is 0 Å². The van der Waals surface area contributed by atoms with Gasteiger partial charge in [-0.1, -0.05) is 97.7 Å². The lowest BCUT2D eigenvalue weighted by Gasteiger charge is -2.39.